The molecule has 0 radical (unpaired) electrons. The Hall–Kier alpha value is -2.48. The van der Waals surface area contributed by atoms with Crippen molar-refractivity contribution < 1.29 is 23.9 Å². The normalized spacial score (nSPS) is 14.0. The molecule has 0 spiro atoms. The summed E-state index contributed by atoms with van der Waals surface area (Å²) >= 11 is 6.04. The van der Waals surface area contributed by atoms with E-state index in [0.717, 1.165) is 5.56 Å². The van der Waals surface area contributed by atoms with E-state index in [1.807, 2.05) is 0 Å². The number of hydrogen-bond donors (Lipinski definition) is 1. The van der Waals surface area contributed by atoms with Crippen molar-refractivity contribution in [2.45, 2.75) is 13.8 Å². The zero-order chi connectivity index (χ0) is 19.3. The van der Waals surface area contributed by atoms with Crippen molar-refractivity contribution in [1.29, 1.82) is 0 Å². The van der Waals surface area contributed by atoms with Gasteiger partial charge in [-0.2, -0.15) is 0 Å². The number of carbonyl (C=O) groups is 3. The first kappa shape index (κ1) is 19.8. The summed E-state index contributed by atoms with van der Waals surface area (Å²) in [4.78, 5) is 39.3. The molecule has 8 nitrogen and oxygen atoms in total. The maximum Gasteiger partial charge on any atom is 0.409 e. The van der Waals surface area contributed by atoms with Crippen LogP contribution in [0.4, 0.5) is 10.5 Å². The number of amides is 3. The van der Waals surface area contributed by atoms with Gasteiger partial charge in [-0.05, 0) is 25.5 Å². The minimum atomic E-state index is -0.769. The van der Waals surface area contributed by atoms with Gasteiger partial charge in [0.1, 0.15) is 5.75 Å². The molecular weight excluding hydrogens is 362 g/mol. The molecule has 0 aromatic heterocycles. The monoisotopic (exact) mass is 383 g/mol. The third kappa shape index (κ3) is 4.57. The average Bonchev–Trinajstić information content (AvgIpc) is 2.64. The van der Waals surface area contributed by atoms with Gasteiger partial charge >= 0.3 is 17.9 Å². The zero-order valence-electron chi connectivity index (χ0n) is 15.0. The second kappa shape index (κ2) is 8.75. The van der Waals surface area contributed by atoms with Crippen molar-refractivity contribution in [3.8, 4) is 5.75 Å². The van der Waals surface area contributed by atoms with Crippen molar-refractivity contribution >= 4 is 35.2 Å². The molecule has 142 valence electrons. The van der Waals surface area contributed by atoms with Crippen LogP contribution < -0.4 is 10.1 Å². The average molecular weight is 384 g/mol. The van der Waals surface area contributed by atoms with Gasteiger partial charge in [0.05, 0.1) is 19.4 Å². The second-order valence-corrected chi connectivity index (χ2v) is 6.14. The number of methoxy groups -OCH3 is 1. The van der Waals surface area contributed by atoms with E-state index in [1.165, 1.54) is 16.9 Å². The Bertz CT molecular complexity index is 702. The van der Waals surface area contributed by atoms with E-state index < -0.39 is 17.9 Å². The molecule has 9 heteroatoms. The van der Waals surface area contributed by atoms with Crippen molar-refractivity contribution in [3.05, 3.63) is 22.7 Å². The maximum atomic E-state index is 12.4. The summed E-state index contributed by atoms with van der Waals surface area (Å²) in [5.74, 6) is -1.06. The number of piperazine rings is 1. The third-order valence-corrected chi connectivity index (χ3v) is 4.42. The fourth-order valence-corrected chi connectivity index (χ4v) is 2.71. The molecule has 1 heterocycles. The minimum absolute atomic E-state index is 0.266. The van der Waals surface area contributed by atoms with Crippen LogP contribution in [0.2, 0.25) is 5.02 Å². The lowest BCUT2D eigenvalue weighted by Crippen LogP contribution is -2.53. The van der Waals surface area contributed by atoms with Gasteiger partial charge < -0.3 is 24.6 Å². The van der Waals surface area contributed by atoms with Gasteiger partial charge in [0.15, 0.2) is 0 Å². The van der Waals surface area contributed by atoms with E-state index in [2.05, 4.69) is 5.32 Å². The number of ether oxygens (including phenoxy) is 2. The summed E-state index contributed by atoms with van der Waals surface area (Å²) in [5.41, 5.74) is 1.12. The number of carbonyl (C=O) groups excluding carboxylic acids is 3. The summed E-state index contributed by atoms with van der Waals surface area (Å²) < 4.78 is 10.1. The highest BCUT2D eigenvalue weighted by atomic mass is 35.5. The van der Waals surface area contributed by atoms with Crippen LogP contribution in [-0.4, -0.2) is 67.6 Å². The Morgan fingerprint density at radius 2 is 1.77 bits per heavy atom. The van der Waals surface area contributed by atoms with Gasteiger partial charge in [-0.3, -0.25) is 9.59 Å². The molecule has 1 saturated heterocycles. The fourth-order valence-electron chi connectivity index (χ4n) is 2.56. The Kier molecular flexibility index (Phi) is 6.68. The number of benzene rings is 1. The van der Waals surface area contributed by atoms with Crippen molar-refractivity contribution in [1.82, 2.24) is 9.80 Å². The van der Waals surface area contributed by atoms with Crippen LogP contribution in [0.15, 0.2) is 12.1 Å². The van der Waals surface area contributed by atoms with Crippen LogP contribution in [0.5, 0.6) is 5.75 Å². The van der Waals surface area contributed by atoms with E-state index in [9.17, 15) is 14.4 Å². The molecule has 0 saturated carbocycles. The van der Waals surface area contributed by atoms with Gasteiger partial charge in [-0.15, -0.1) is 0 Å². The van der Waals surface area contributed by atoms with Gasteiger partial charge in [0.2, 0.25) is 0 Å². The summed E-state index contributed by atoms with van der Waals surface area (Å²) in [6, 6.07) is 3.22. The summed E-state index contributed by atoms with van der Waals surface area (Å²) in [6.45, 7) is 4.98. The summed E-state index contributed by atoms with van der Waals surface area (Å²) in [6.07, 6.45) is -0.412. The van der Waals surface area contributed by atoms with E-state index in [1.54, 1.807) is 26.0 Å². The molecule has 26 heavy (non-hydrogen) atoms. The fraction of sp³-hybridized carbons (Fsp3) is 0.471. The minimum Gasteiger partial charge on any atom is -0.495 e. The molecule has 0 aliphatic carbocycles. The molecule has 2 rings (SSSR count). The van der Waals surface area contributed by atoms with Crippen LogP contribution in [0.1, 0.15) is 12.5 Å². The molecule has 3 amide bonds. The number of nitrogens with one attached hydrogen (secondary N) is 1. The lowest BCUT2D eigenvalue weighted by molar-refractivity contribution is -0.144. The molecule has 0 atom stereocenters. The molecule has 1 fully saturated rings. The topological polar surface area (TPSA) is 88.2 Å². The smallest absolute Gasteiger partial charge is 0.409 e. The molecule has 1 aromatic rings. The number of halogens is 1. The molecule has 1 aliphatic rings. The Morgan fingerprint density at radius 1 is 1.15 bits per heavy atom. The SMILES string of the molecule is CCOC(=O)N1CCN(C(=O)C(=O)Nc2cc(C)c(Cl)cc2OC)CC1. The van der Waals surface area contributed by atoms with Crippen LogP contribution in [0.3, 0.4) is 0 Å². The number of anilines is 1. The highest BCUT2D eigenvalue weighted by Gasteiger charge is 2.28. The van der Waals surface area contributed by atoms with Crippen molar-refractivity contribution in [2.24, 2.45) is 0 Å². The first-order valence-corrected chi connectivity index (χ1v) is 8.61. The number of aryl methyl sites for hydroxylation is 1. The third-order valence-electron chi connectivity index (χ3n) is 4.02. The lowest BCUT2D eigenvalue weighted by atomic mass is 10.2. The predicted molar refractivity (Wildman–Crippen MR) is 96.5 cm³/mol. The second-order valence-electron chi connectivity index (χ2n) is 5.73. The predicted octanol–water partition coefficient (Wildman–Crippen LogP) is 1.90. The van der Waals surface area contributed by atoms with Crippen molar-refractivity contribution in [2.75, 3.05) is 45.2 Å². The summed E-state index contributed by atoms with van der Waals surface area (Å²) in [7, 11) is 1.45. The number of rotatable bonds is 3. The largest absolute Gasteiger partial charge is 0.495 e. The quantitative estimate of drug-likeness (QED) is 0.805. The van der Waals surface area contributed by atoms with Crippen LogP contribution >= 0.6 is 11.6 Å². The van der Waals surface area contributed by atoms with E-state index in [0.29, 0.717) is 36.2 Å². The molecule has 1 aliphatic heterocycles. The lowest BCUT2D eigenvalue weighted by Gasteiger charge is -2.33. The van der Waals surface area contributed by atoms with Crippen LogP contribution in [0, 0.1) is 6.92 Å². The van der Waals surface area contributed by atoms with Gasteiger partial charge in [0, 0.05) is 37.3 Å². The maximum absolute atomic E-state index is 12.4. The molecule has 1 N–H and O–H groups in total. The van der Waals surface area contributed by atoms with Gasteiger partial charge in [-0.25, -0.2) is 4.79 Å². The highest BCUT2D eigenvalue weighted by Crippen LogP contribution is 2.30. The van der Waals surface area contributed by atoms with Crippen molar-refractivity contribution in [3.63, 3.8) is 0 Å². The zero-order valence-corrected chi connectivity index (χ0v) is 15.8. The first-order valence-electron chi connectivity index (χ1n) is 8.23. The number of hydrogen-bond acceptors (Lipinski definition) is 5. The molecular formula is C17H22ClN3O5. The molecule has 1 aromatic carbocycles. The first-order chi connectivity index (χ1) is 12.4. The standard InChI is InChI=1S/C17H22ClN3O5/c1-4-26-17(24)21-7-5-20(6-8-21)16(23)15(22)19-13-9-11(2)12(18)10-14(13)25-3/h9-10H,4-8H2,1-3H3,(H,19,22). The molecule has 0 bridgehead atoms. The highest BCUT2D eigenvalue weighted by molar-refractivity contribution is 6.39. The number of nitrogens with zero attached hydrogens (tertiary/aromatic N) is 2. The Labute approximate surface area is 157 Å². The van der Waals surface area contributed by atoms with Crippen LogP contribution in [-0.2, 0) is 14.3 Å². The summed E-state index contributed by atoms with van der Waals surface area (Å²) in [5, 5.41) is 3.06. The van der Waals surface area contributed by atoms with Gasteiger partial charge in [0.25, 0.3) is 0 Å². The van der Waals surface area contributed by atoms with Crippen LogP contribution in [0.25, 0.3) is 0 Å². The van der Waals surface area contributed by atoms with Gasteiger partial charge in [-0.1, -0.05) is 11.6 Å². The van der Waals surface area contributed by atoms with E-state index in [-0.39, 0.29) is 13.1 Å². The Morgan fingerprint density at radius 3 is 2.35 bits per heavy atom. The molecule has 0 unspecified atom stereocenters. The van der Waals surface area contributed by atoms with E-state index >= 15 is 0 Å². The Balaban J connectivity index is 1.98. The van der Waals surface area contributed by atoms with E-state index in [4.69, 9.17) is 21.1 Å².